The molecule has 0 saturated carbocycles. The van der Waals surface area contributed by atoms with E-state index in [0.29, 0.717) is 33.1 Å². The molecule has 5 nitrogen and oxygen atoms in total. The zero-order chi connectivity index (χ0) is 13.4. The summed E-state index contributed by atoms with van der Waals surface area (Å²) in [6, 6.07) is 3.25. The maximum absolute atomic E-state index is 5.99. The van der Waals surface area contributed by atoms with Crippen molar-refractivity contribution in [3.63, 3.8) is 0 Å². The molecule has 2 aromatic rings. The Hall–Kier alpha value is -1.46. The Morgan fingerprint density at radius 1 is 1.21 bits per heavy atom. The molecule has 1 fully saturated rings. The number of hydrogen-bond acceptors (Lipinski definition) is 5. The van der Waals surface area contributed by atoms with Gasteiger partial charge < -0.3 is 15.2 Å². The standard InChI is InChI=1S/C12H12Cl2N4O/c13-7-5-8(10(15)9(14)6-7)11-16-12(17-19-11)18-3-1-2-4-18/h5-6H,1-4,15H2. The van der Waals surface area contributed by atoms with Crippen molar-refractivity contribution in [1.82, 2.24) is 10.1 Å². The number of rotatable bonds is 2. The third-order valence-electron chi connectivity index (χ3n) is 3.13. The second kappa shape index (κ2) is 4.90. The van der Waals surface area contributed by atoms with E-state index in [1.54, 1.807) is 12.1 Å². The Kier molecular flexibility index (Phi) is 3.24. The van der Waals surface area contributed by atoms with Gasteiger partial charge in [0.05, 0.1) is 16.3 Å². The summed E-state index contributed by atoms with van der Waals surface area (Å²) in [5.41, 5.74) is 6.87. The summed E-state index contributed by atoms with van der Waals surface area (Å²) < 4.78 is 5.25. The Labute approximate surface area is 120 Å². The average Bonchev–Trinajstić information content (AvgIpc) is 3.03. The first kappa shape index (κ1) is 12.6. The lowest BCUT2D eigenvalue weighted by Gasteiger charge is -2.09. The molecule has 0 bridgehead atoms. The first-order chi connectivity index (χ1) is 9.15. The SMILES string of the molecule is Nc1c(Cl)cc(Cl)cc1-c1nc(N2CCCC2)no1. The van der Waals surface area contributed by atoms with Gasteiger partial charge in [-0.05, 0) is 30.1 Å². The van der Waals surface area contributed by atoms with Crippen molar-refractivity contribution in [3.05, 3.63) is 22.2 Å². The molecular formula is C12H12Cl2N4O. The summed E-state index contributed by atoms with van der Waals surface area (Å²) in [6.07, 6.45) is 2.30. The molecule has 0 atom stereocenters. The van der Waals surface area contributed by atoms with Crippen molar-refractivity contribution in [3.8, 4) is 11.5 Å². The molecule has 0 amide bonds. The van der Waals surface area contributed by atoms with Crippen LogP contribution in [-0.4, -0.2) is 23.2 Å². The van der Waals surface area contributed by atoms with Crippen molar-refractivity contribution >= 4 is 34.8 Å². The van der Waals surface area contributed by atoms with Gasteiger partial charge in [-0.15, -0.1) is 0 Å². The highest BCUT2D eigenvalue weighted by atomic mass is 35.5. The molecule has 0 unspecified atom stereocenters. The molecule has 19 heavy (non-hydrogen) atoms. The smallest absolute Gasteiger partial charge is 0.266 e. The van der Waals surface area contributed by atoms with Gasteiger partial charge in [0.15, 0.2) is 0 Å². The van der Waals surface area contributed by atoms with Crippen LogP contribution in [0.15, 0.2) is 16.7 Å². The molecule has 0 aliphatic carbocycles. The number of anilines is 2. The van der Waals surface area contributed by atoms with Crippen LogP contribution in [0.1, 0.15) is 12.8 Å². The van der Waals surface area contributed by atoms with Crippen LogP contribution in [0.2, 0.25) is 10.0 Å². The summed E-state index contributed by atoms with van der Waals surface area (Å²) >= 11 is 12.0. The third kappa shape index (κ3) is 2.35. The van der Waals surface area contributed by atoms with E-state index in [1.165, 1.54) is 0 Å². The van der Waals surface area contributed by atoms with Crippen LogP contribution < -0.4 is 10.6 Å². The summed E-state index contributed by atoms with van der Waals surface area (Å²) in [5, 5.41) is 4.83. The van der Waals surface area contributed by atoms with Gasteiger partial charge >= 0.3 is 0 Å². The number of aromatic nitrogens is 2. The molecule has 1 aliphatic rings. The van der Waals surface area contributed by atoms with E-state index in [9.17, 15) is 0 Å². The van der Waals surface area contributed by atoms with Crippen molar-refractivity contribution in [2.24, 2.45) is 0 Å². The van der Waals surface area contributed by atoms with Crippen molar-refractivity contribution in [2.75, 3.05) is 23.7 Å². The molecule has 1 aromatic carbocycles. The van der Waals surface area contributed by atoms with E-state index in [0.717, 1.165) is 25.9 Å². The number of nitrogens with zero attached hydrogens (tertiary/aromatic N) is 3. The maximum atomic E-state index is 5.99. The number of benzene rings is 1. The van der Waals surface area contributed by atoms with Crippen LogP contribution in [0.5, 0.6) is 0 Å². The Balaban J connectivity index is 1.98. The maximum Gasteiger partial charge on any atom is 0.266 e. The fraction of sp³-hybridized carbons (Fsp3) is 0.333. The monoisotopic (exact) mass is 298 g/mol. The number of halogens is 2. The normalized spacial score (nSPS) is 15.2. The van der Waals surface area contributed by atoms with Gasteiger partial charge in [-0.1, -0.05) is 23.2 Å². The quantitative estimate of drug-likeness (QED) is 0.862. The van der Waals surface area contributed by atoms with Gasteiger partial charge in [-0.25, -0.2) is 0 Å². The molecule has 1 aromatic heterocycles. The van der Waals surface area contributed by atoms with Gasteiger partial charge in [-0.2, -0.15) is 4.98 Å². The van der Waals surface area contributed by atoms with Crippen molar-refractivity contribution < 1.29 is 4.52 Å². The van der Waals surface area contributed by atoms with Gasteiger partial charge in [0.25, 0.3) is 11.8 Å². The first-order valence-electron chi connectivity index (χ1n) is 5.98. The summed E-state index contributed by atoms with van der Waals surface area (Å²) in [5.74, 6) is 0.923. The van der Waals surface area contributed by atoms with Gasteiger partial charge in [-0.3, -0.25) is 0 Å². The van der Waals surface area contributed by atoms with Crippen molar-refractivity contribution in [2.45, 2.75) is 12.8 Å². The molecular weight excluding hydrogens is 287 g/mol. The zero-order valence-corrected chi connectivity index (χ0v) is 11.6. The second-order valence-electron chi connectivity index (χ2n) is 4.44. The minimum atomic E-state index is 0.337. The molecule has 7 heteroatoms. The minimum absolute atomic E-state index is 0.337. The third-order valence-corrected chi connectivity index (χ3v) is 3.66. The topological polar surface area (TPSA) is 68.2 Å². The molecule has 2 heterocycles. The van der Waals surface area contributed by atoms with Gasteiger partial charge in [0.2, 0.25) is 0 Å². The highest BCUT2D eigenvalue weighted by Gasteiger charge is 2.20. The van der Waals surface area contributed by atoms with E-state index in [1.807, 2.05) is 0 Å². The predicted molar refractivity (Wildman–Crippen MR) is 75.6 cm³/mol. The lowest BCUT2D eigenvalue weighted by molar-refractivity contribution is 0.430. The molecule has 0 spiro atoms. The Bertz CT molecular complexity index is 608. The lowest BCUT2D eigenvalue weighted by atomic mass is 10.2. The van der Waals surface area contributed by atoms with E-state index < -0.39 is 0 Å². The Morgan fingerprint density at radius 3 is 2.68 bits per heavy atom. The highest BCUT2D eigenvalue weighted by molar-refractivity contribution is 6.37. The van der Waals surface area contributed by atoms with Crippen LogP contribution in [0.3, 0.4) is 0 Å². The van der Waals surface area contributed by atoms with Crippen LogP contribution in [0.25, 0.3) is 11.5 Å². The summed E-state index contributed by atoms with van der Waals surface area (Å²) in [4.78, 5) is 6.44. The average molecular weight is 299 g/mol. The van der Waals surface area contributed by atoms with Gasteiger partial charge in [0.1, 0.15) is 0 Å². The van der Waals surface area contributed by atoms with E-state index in [2.05, 4.69) is 15.0 Å². The van der Waals surface area contributed by atoms with Crippen LogP contribution in [0.4, 0.5) is 11.6 Å². The van der Waals surface area contributed by atoms with E-state index in [-0.39, 0.29) is 0 Å². The zero-order valence-electron chi connectivity index (χ0n) is 10.1. The number of nitrogens with two attached hydrogens (primary N) is 1. The largest absolute Gasteiger partial charge is 0.397 e. The number of hydrogen-bond donors (Lipinski definition) is 1. The fourth-order valence-electron chi connectivity index (χ4n) is 2.13. The highest BCUT2D eigenvalue weighted by Crippen LogP contribution is 2.34. The van der Waals surface area contributed by atoms with E-state index >= 15 is 0 Å². The molecule has 3 rings (SSSR count). The number of nitrogen functional groups attached to an aromatic ring is 1. The molecule has 2 N–H and O–H groups in total. The molecule has 100 valence electrons. The van der Waals surface area contributed by atoms with Gasteiger partial charge in [0, 0.05) is 18.1 Å². The van der Waals surface area contributed by atoms with Crippen molar-refractivity contribution in [1.29, 1.82) is 0 Å². The summed E-state index contributed by atoms with van der Waals surface area (Å²) in [7, 11) is 0. The van der Waals surface area contributed by atoms with E-state index in [4.69, 9.17) is 33.5 Å². The van der Waals surface area contributed by atoms with Crippen LogP contribution >= 0.6 is 23.2 Å². The summed E-state index contributed by atoms with van der Waals surface area (Å²) in [6.45, 7) is 1.90. The molecule has 1 saturated heterocycles. The molecule has 0 radical (unpaired) electrons. The fourth-order valence-corrected chi connectivity index (χ4v) is 2.63. The lowest BCUT2D eigenvalue weighted by Crippen LogP contribution is -2.18. The second-order valence-corrected chi connectivity index (χ2v) is 5.29. The minimum Gasteiger partial charge on any atom is -0.397 e. The predicted octanol–water partition coefficient (Wildman–Crippen LogP) is 3.23. The van der Waals surface area contributed by atoms with Crippen LogP contribution in [0, 0.1) is 0 Å². The Morgan fingerprint density at radius 2 is 1.95 bits per heavy atom. The van der Waals surface area contributed by atoms with Crippen LogP contribution in [-0.2, 0) is 0 Å². The first-order valence-corrected chi connectivity index (χ1v) is 6.74. The molecule has 1 aliphatic heterocycles.